The van der Waals surface area contributed by atoms with E-state index in [1.807, 2.05) is 0 Å². The Morgan fingerprint density at radius 1 is 1.11 bits per heavy atom. The third-order valence-electron chi connectivity index (χ3n) is 4.00. The molecule has 2 heterocycles. The summed E-state index contributed by atoms with van der Waals surface area (Å²) in [6.07, 6.45) is -1.70. The van der Waals surface area contributed by atoms with Crippen molar-refractivity contribution < 1.29 is 17.9 Å². The summed E-state index contributed by atoms with van der Waals surface area (Å²) in [5.41, 5.74) is 1.02. The minimum Gasteiger partial charge on any atom is -0.457 e. The molecular formula is C17H13F3N6O. The van der Waals surface area contributed by atoms with E-state index in [2.05, 4.69) is 20.4 Å². The maximum atomic E-state index is 13.1. The number of alkyl halides is 3. The second-order valence-corrected chi connectivity index (χ2v) is 5.88. The second-order valence-electron chi connectivity index (χ2n) is 5.88. The first kappa shape index (κ1) is 17.0. The van der Waals surface area contributed by atoms with Crippen LogP contribution in [0.1, 0.15) is 11.1 Å². The lowest BCUT2D eigenvalue weighted by Gasteiger charge is -2.14. The SMILES string of the molecule is Cn1nnc2ccc(Oc3ccc(C(F)(F)F)cc3Cn3cncn3)cc21. The standard InChI is InChI=1S/C17H13F3N6O/c1-25-15-7-13(3-4-14(15)23-24-25)27-16-5-2-12(17(18,19)20)6-11(16)8-26-10-21-9-22-26/h2-7,9-10H,8H2,1H3. The van der Waals surface area contributed by atoms with E-state index >= 15 is 0 Å². The molecular weight excluding hydrogens is 361 g/mol. The summed E-state index contributed by atoms with van der Waals surface area (Å²) in [5.74, 6) is 0.764. The molecule has 0 aliphatic rings. The van der Waals surface area contributed by atoms with Crippen LogP contribution in [0.5, 0.6) is 11.5 Å². The van der Waals surface area contributed by atoms with Gasteiger partial charge in [-0.15, -0.1) is 5.10 Å². The van der Waals surface area contributed by atoms with Crippen molar-refractivity contribution in [3.05, 3.63) is 60.2 Å². The van der Waals surface area contributed by atoms with Gasteiger partial charge >= 0.3 is 6.18 Å². The van der Waals surface area contributed by atoms with Gasteiger partial charge in [0.05, 0.1) is 17.6 Å². The highest BCUT2D eigenvalue weighted by atomic mass is 19.4. The molecule has 0 spiro atoms. The van der Waals surface area contributed by atoms with Crippen LogP contribution in [-0.4, -0.2) is 29.8 Å². The summed E-state index contributed by atoms with van der Waals surface area (Å²) in [5, 5.41) is 11.8. The van der Waals surface area contributed by atoms with Gasteiger partial charge < -0.3 is 4.74 Å². The van der Waals surface area contributed by atoms with Gasteiger partial charge in [0.2, 0.25) is 0 Å². The Morgan fingerprint density at radius 3 is 2.70 bits per heavy atom. The lowest BCUT2D eigenvalue weighted by atomic mass is 10.1. The highest BCUT2D eigenvalue weighted by Crippen LogP contribution is 2.35. The van der Waals surface area contributed by atoms with E-state index in [-0.39, 0.29) is 6.54 Å². The summed E-state index contributed by atoms with van der Waals surface area (Å²) in [4.78, 5) is 3.81. The molecule has 0 saturated carbocycles. The summed E-state index contributed by atoms with van der Waals surface area (Å²) in [6, 6.07) is 8.51. The minimum absolute atomic E-state index is 0.0920. The molecule has 7 nitrogen and oxygen atoms in total. The molecule has 27 heavy (non-hydrogen) atoms. The zero-order valence-corrected chi connectivity index (χ0v) is 14.1. The Bertz CT molecular complexity index is 1090. The van der Waals surface area contributed by atoms with Gasteiger partial charge in [-0.05, 0) is 30.3 Å². The molecule has 4 rings (SSSR count). The average Bonchev–Trinajstić information content (AvgIpc) is 3.26. The molecule has 0 radical (unpaired) electrons. The van der Waals surface area contributed by atoms with Crippen molar-refractivity contribution in [1.82, 2.24) is 29.8 Å². The zero-order chi connectivity index (χ0) is 19.0. The van der Waals surface area contributed by atoms with Crippen LogP contribution in [0.2, 0.25) is 0 Å². The number of aromatic nitrogens is 6. The quantitative estimate of drug-likeness (QED) is 0.547. The van der Waals surface area contributed by atoms with E-state index in [9.17, 15) is 13.2 Å². The van der Waals surface area contributed by atoms with Gasteiger partial charge in [-0.2, -0.15) is 18.3 Å². The maximum absolute atomic E-state index is 13.1. The van der Waals surface area contributed by atoms with E-state index in [1.54, 1.807) is 29.9 Å². The Balaban J connectivity index is 1.72. The predicted molar refractivity (Wildman–Crippen MR) is 89.2 cm³/mol. The largest absolute Gasteiger partial charge is 0.457 e. The summed E-state index contributed by atoms with van der Waals surface area (Å²) >= 11 is 0. The molecule has 0 unspecified atom stereocenters. The summed E-state index contributed by atoms with van der Waals surface area (Å²) in [7, 11) is 1.74. The Morgan fingerprint density at radius 2 is 1.96 bits per heavy atom. The van der Waals surface area contributed by atoms with Crippen LogP contribution in [0.4, 0.5) is 13.2 Å². The van der Waals surface area contributed by atoms with Crippen LogP contribution in [0.25, 0.3) is 11.0 Å². The first-order chi connectivity index (χ1) is 12.9. The first-order valence-corrected chi connectivity index (χ1v) is 7.90. The van der Waals surface area contributed by atoms with E-state index in [4.69, 9.17) is 4.74 Å². The first-order valence-electron chi connectivity index (χ1n) is 7.90. The van der Waals surface area contributed by atoms with Crippen LogP contribution >= 0.6 is 0 Å². The number of nitrogens with zero attached hydrogens (tertiary/aromatic N) is 6. The minimum atomic E-state index is -4.45. The van der Waals surface area contributed by atoms with Crippen LogP contribution in [0.15, 0.2) is 49.1 Å². The normalized spacial score (nSPS) is 11.9. The molecule has 0 saturated heterocycles. The molecule has 10 heteroatoms. The molecule has 4 aromatic rings. The van der Waals surface area contributed by atoms with Gasteiger partial charge in [0.1, 0.15) is 29.7 Å². The van der Waals surface area contributed by atoms with Gasteiger partial charge in [-0.3, -0.25) is 0 Å². The van der Waals surface area contributed by atoms with Gasteiger partial charge in [0.25, 0.3) is 0 Å². The van der Waals surface area contributed by atoms with Crippen molar-refractivity contribution in [2.45, 2.75) is 12.7 Å². The number of fused-ring (bicyclic) bond motifs is 1. The van der Waals surface area contributed by atoms with E-state index in [0.29, 0.717) is 22.6 Å². The monoisotopic (exact) mass is 374 g/mol. The van der Waals surface area contributed by atoms with Gasteiger partial charge in [0, 0.05) is 18.7 Å². The Hall–Kier alpha value is -3.43. The molecule has 0 aliphatic carbocycles. The van der Waals surface area contributed by atoms with Crippen molar-refractivity contribution >= 4 is 11.0 Å². The summed E-state index contributed by atoms with van der Waals surface area (Å²) in [6.45, 7) is 0.0920. The van der Waals surface area contributed by atoms with Crippen molar-refractivity contribution in [3.63, 3.8) is 0 Å². The van der Waals surface area contributed by atoms with E-state index < -0.39 is 11.7 Å². The van der Waals surface area contributed by atoms with Crippen LogP contribution in [0.3, 0.4) is 0 Å². The lowest BCUT2D eigenvalue weighted by Crippen LogP contribution is -2.08. The average molecular weight is 374 g/mol. The second kappa shape index (κ2) is 6.38. The number of aryl methyl sites for hydroxylation is 1. The number of hydrogen-bond acceptors (Lipinski definition) is 5. The fourth-order valence-corrected chi connectivity index (χ4v) is 2.67. The number of benzene rings is 2. The number of hydrogen-bond donors (Lipinski definition) is 0. The highest BCUT2D eigenvalue weighted by Gasteiger charge is 2.31. The van der Waals surface area contributed by atoms with E-state index in [1.165, 1.54) is 23.4 Å². The van der Waals surface area contributed by atoms with Crippen LogP contribution in [0, 0.1) is 0 Å². The predicted octanol–water partition coefficient (Wildman–Crippen LogP) is 3.42. The lowest BCUT2D eigenvalue weighted by molar-refractivity contribution is -0.137. The molecule has 2 aromatic carbocycles. The molecule has 0 amide bonds. The fraction of sp³-hybridized carbons (Fsp3) is 0.176. The topological polar surface area (TPSA) is 70.7 Å². The van der Waals surface area contributed by atoms with Crippen molar-refractivity contribution in [1.29, 1.82) is 0 Å². The highest BCUT2D eigenvalue weighted by molar-refractivity contribution is 5.76. The molecule has 0 aliphatic heterocycles. The summed E-state index contributed by atoms with van der Waals surface area (Å²) < 4.78 is 48.2. The van der Waals surface area contributed by atoms with Crippen molar-refractivity contribution in [3.8, 4) is 11.5 Å². The number of rotatable bonds is 4. The maximum Gasteiger partial charge on any atom is 0.416 e. The van der Waals surface area contributed by atoms with Gasteiger partial charge in [0.15, 0.2) is 0 Å². The van der Waals surface area contributed by atoms with Gasteiger partial charge in [-0.25, -0.2) is 14.3 Å². The van der Waals surface area contributed by atoms with Crippen LogP contribution < -0.4 is 4.74 Å². The Kier molecular flexibility index (Phi) is 4.02. The fourth-order valence-electron chi connectivity index (χ4n) is 2.67. The number of ether oxygens (including phenoxy) is 1. The third kappa shape index (κ3) is 3.46. The van der Waals surface area contributed by atoms with Gasteiger partial charge in [-0.1, -0.05) is 5.21 Å². The molecule has 2 aromatic heterocycles. The van der Waals surface area contributed by atoms with E-state index in [0.717, 1.165) is 17.6 Å². The zero-order valence-electron chi connectivity index (χ0n) is 14.1. The molecule has 138 valence electrons. The molecule has 0 atom stereocenters. The molecule has 0 fully saturated rings. The Labute approximate surface area is 151 Å². The molecule has 0 N–H and O–H groups in total. The number of halogens is 3. The molecule has 0 bridgehead atoms. The van der Waals surface area contributed by atoms with Crippen molar-refractivity contribution in [2.24, 2.45) is 7.05 Å². The third-order valence-corrected chi connectivity index (χ3v) is 4.00. The van der Waals surface area contributed by atoms with Crippen LogP contribution in [-0.2, 0) is 19.8 Å². The van der Waals surface area contributed by atoms with Crippen molar-refractivity contribution in [2.75, 3.05) is 0 Å². The smallest absolute Gasteiger partial charge is 0.416 e.